The molecule has 5 nitrogen and oxygen atoms in total. The second-order valence-corrected chi connectivity index (χ2v) is 7.74. The van der Waals surface area contributed by atoms with Crippen LogP contribution in [-0.2, 0) is 6.54 Å². The molecule has 25 heavy (non-hydrogen) atoms. The average molecular weight is 345 g/mol. The first-order valence-electron chi connectivity index (χ1n) is 9.60. The van der Waals surface area contributed by atoms with Crippen molar-refractivity contribution in [2.24, 2.45) is 5.92 Å². The second-order valence-electron chi connectivity index (χ2n) is 7.74. The van der Waals surface area contributed by atoms with Crippen LogP contribution < -0.4 is 10.6 Å². The van der Waals surface area contributed by atoms with Crippen LogP contribution in [0.15, 0.2) is 30.3 Å². The van der Waals surface area contributed by atoms with Gasteiger partial charge in [-0.1, -0.05) is 36.8 Å². The molecule has 0 radical (unpaired) electrons. The Morgan fingerprint density at radius 2 is 2.04 bits per heavy atom. The van der Waals surface area contributed by atoms with Gasteiger partial charge in [-0.15, -0.1) is 0 Å². The number of aliphatic hydroxyl groups is 1. The quantitative estimate of drug-likeness (QED) is 0.768. The predicted octanol–water partition coefficient (Wildman–Crippen LogP) is 2.50. The Hall–Kier alpha value is -1.59. The van der Waals surface area contributed by atoms with Gasteiger partial charge in [-0.2, -0.15) is 0 Å². The summed E-state index contributed by atoms with van der Waals surface area (Å²) in [5, 5.41) is 15.8. The van der Waals surface area contributed by atoms with Gasteiger partial charge < -0.3 is 15.7 Å². The molecule has 4 unspecified atom stereocenters. The maximum absolute atomic E-state index is 12.2. The largest absolute Gasteiger partial charge is 0.393 e. The highest BCUT2D eigenvalue weighted by Crippen LogP contribution is 2.23. The molecule has 5 heteroatoms. The summed E-state index contributed by atoms with van der Waals surface area (Å²) in [5.74, 6) is 0.409. The van der Waals surface area contributed by atoms with E-state index in [1.165, 1.54) is 5.56 Å². The Bertz CT molecular complexity index is 551. The molecule has 2 fully saturated rings. The van der Waals surface area contributed by atoms with E-state index in [9.17, 15) is 9.90 Å². The Balaban J connectivity index is 1.40. The maximum atomic E-state index is 12.2. The standard InChI is InChI=1S/C20H31N3O2/c1-15-10-18(14-23(15)13-16-6-3-2-4-7-16)22-20(25)21-12-17-8-5-9-19(24)11-17/h2-4,6-7,15,17-19,24H,5,8-14H2,1H3,(H2,21,22,25). The summed E-state index contributed by atoms with van der Waals surface area (Å²) in [6.45, 7) is 4.72. The fourth-order valence-corrected chi connectivity index (χ4v) is 4.16. The summed E-state index contributed by atoms with van der Waals surface area (Å²) in [4.78, 5) is 14.6. The molecule has 2 aliphatic rings. The number of carbonyl (C=O) groups is 1. The second kappa shape index (κ2) is 8.68. The SMILES string of the molecule is CC1CC(NC(=O)NCC2CCCC(O)C2)CN1Cc1ccccc1. The lowest BCUT2D eigenvalue weighted by Crippen LogP contribution is -2.45. The van der Waals surface area contributed by atoms with Crippen LogP contribution in [-0.4, -0.2) is 47.3 Å². The normalized spacial score (nSPS) is 30.2. The lowest BCUT2D eigenvalue weighted by molar-refractivity contribution is 0.101. The zero-order chi connectivity index (χ0) is 17.6. The minimum absolute atomic E-state index is 0.0705. The van der Waals surface area contributed by atoms with Gasteiger partial charge in [0.05, 0.1) is 6.10 Å². The number of amides is 2. The van der Waals surface area contributed by atoms with Gasteiger partial charge in [0.15, 0.2) is 0 Å². The van der Waals surface area contributed by atoms with E-state index in [1.54, 1.807) is 0 Å². The lowest BCUT2D eigenvalue weighted by atomic mass is 9.87. The Labute approximate surface area is 150 Å². The molecule has 1 heterocycles. The lowest BCUT2D eigenvalue weighted by Gasteiger charge is -2.26. The van der Waals surface area contributed by atoms with E-state index in [4.69, 9.17) is 0 Å². The molecule has 3 rings (SSSR count). The first-order valence-corrected chi connectivity index (χ1v) is 9.60. The van der Waals surface area contributed by atoms with E-state index in [0.29, 0.717) is 18.5 Å². The molecule has 0 aromatic heterocycles. The van der Waals surface area contributed by atoms with Crippen LogP contribution in [0.3, 0.4) is 0 Å². The van der Waals surface area contributed by atoms with Crippen LogP contribution in [0.2, 0.25) is 0 Å². The highest BCUT2D eigenvalue weighted by atomic mass is 16.3. The van der Waals surface area contributed by atoms with Crippen molar-refractivity contribution in [3.63, 3.8) is 0 Å². The van der Waals surface area contributed by atoms with Gasteiger partial charge in [0.2, 0.25) is 0 Å². The smallest absolute Gasteiger partial charge is 0.315 e. The summed E-state index contributed by atoms with van der Waals surface area (Å²) < 4.78 is 0. The summed E-state index contributed by atoms with van der Waals surface area (Å²) >= 11 is 0. The first-order chi connectivity index (χ1) is 12.1. The third kappa shape index (κ3) is 5.44. The summed E-state index contributed by atoms with van der Waals surface area (Å²) in [6.07, 6.45) is 4.67. The van der Waals surface area contributed by atoms with Crippen molar-refractivity contribution in [1.82, 2.24) is 15.5 Å². The van der Waals surface area contributed by atoms with Crippen molar-refractivity contribution in [2.45, 2.75) is 63.8 Å². The minimum Gasteiger partial charge on any atom is -0.393 e. The monoisotopic (exact) mass is 345 g/mol. The molecule has 0 spiro atoms. The van der Waals surface area contributed by atoms with Gasteiger partial charge in [0.1, 0.15) is 0 Å². The van der Waals surface area contributed by atoms with E-state index in [0.717, 1.165) is 45.2 Å². The van der Waals surface area contributed by atoms with E-state index in [1.807, 2.05) is 6.07 Å². The van der Waals surface area contributed by atoms with Crippen molar-refractivity contribution in [3.8, 4) is 0 Å². The van der Waals surface area contributed by atoms with Crippen LogP contribution >= 0.6 is 0 Å². The Kier molecular flexibility index (Phi) is 6.32. The number of benzene rings is 1. The van der Waals surface area contributed by atoms with E-state index < -0.39 is 0 Å². The van der Waals surface area contributed by atoms with Crippen molar-refractivity contribution in [2.75, 3.05) is 13.1 Å². The fourth-order valence-electron chi connectivity index (χ4n) is 4.16. The van der Waals surface area contributed by atoms with Crippen LogP contribution in [0.1, 0.15) is 44.6 Å². The Morgan fingerprint density at radius 3 is 2.80 bits per heavy atom. The third-order valence-electron chi connectivity index (χ3n) is 5.57. The summed E-state index contributed by atoms with van der Waals surface area (Å²) in [6, 6.07) is 11.1. The molecule has 1 saturated carbocycles. The highest BCUT2D eigenvalue weighted by Gasteiger charge is 2.30. The van der Waals surface area contributed by atoms with Crippen molar-refractivity contribution >= 4 is 6.03 Å². The minimum atomic E-state index is -0.189. The summed E-state index contributed by atoms with van der Waals surface area (Å²) in [7, 11) is 0. The number of likely N-dealkylation sites (tertiary alicyclic amines) is 1. The number of nitrogens with one attached hydrogen (secondary N) is 2. The van der Waals surface area contributed by atoms with Crippen LogP contribution in [0, 0.1) is 5.92 Å². The highest BCUT2D eigenvalue weighted by molar-refractivity contribution is 5.74. The molecule has 0 bridgehead atoms. The topological polar surface area (TPSA) is 64.6 Å². The van der Waals surface area contributed by atoms with Crippen LogP contribution in [0.5, 0.6) is 0 Å². The summed E-state index contributed by atoms with van der Waals surface area (Å²) in [5.41, 5.74) is 1.32. The fraction of sp³-hybridized carbons (Fsp3) is 0.650. The zero-order valence-electron chi connectivity index (χ0n) is 15.2. The predicted molar refractivity (Wildman–Crippen MR) is 99.2 cm³/mol. The van der Waals surface area contributed by atoms with Gasteiger partial charge in [-0.3, -0.25) is 4.90 Å². The van der Waals surface area contributed by atoms with Gasteiger partial charge >= 0.3 is 6.03 Å². The number of carbonyl (C=O) groups excluding carboxylic acids is 1. The molecule has 1 aliphatic heterocycles. The molecule has 4 atom stereocenters. The van der Waals surface area contributed by atoms with Gasteiger partial charge in [0, 0.05) is 31.7 Å². The molecule has 3 N–H and O–H groups in total. The van der Waals surface area contributed by atoms with Gasteiger partial charge in [-0.05, 0) is 44.1 Å². The zero-order valence-corrected chi connectivity index (χ0v) is 15.2. The number of urea groups is 1. The molecular formula is C20H31N3O2. The third-order valence-corrected chi connectivity index (χ3v) is 5.57. The van der Waals surface area contributed by atoms with Crippen molar-refractivity contribution in [3.05, 3.63) is 35.9 Å². The van der Waals surface area contributed by atoms with Crippen LogP contribution in [0.25, 0.3) is 0 Å². The average Bonchev–Trinajstić information content (AvgIpc) is 2.93. The first kappa shape index (κ1) is 18.2. The number of nitrogens with zero attached hydrogens (tertiary/aromatic N) is 1. The molecule has 138 valence electrons. The van der Waals surface area contributed by atoms with Crippen LogP contribution in [0.4, 0.5) is 4.79 Å². The van der Waals surface area contributed by atoms with Crippen molar-refractivity contribution < 1.29 is 9.90 Å². The number of hydrogen-bond acceptors (Lipinski definition) is 3. The van der Waals surface area contributed by atoms with Gasteiger partial charge in [0.25, 0.3) is 0 Å². The molecule has 1 aromatic rings. The molecular weight excluding hydrogens is 314 g/mol. The Morgan fingerprint density at radius 1 is 1.24 bits per heavy atom. The van der Waals surface area contributed by atoms with E-state index in [2.05, 4.69) is 46.7 Å². The maximum Gasteiger partial charge on any atom is 0.315 e. The number of hydrogen-bond donors (Lipinski definition) is 3. The molecule has 1 aromatic carbocycles. The number of aliphatic hydroxyl groups excluding tert-OH is 1. The molecule has 2 amide bonds. The van der Waals surface area contributed by atoms with E-state index >= 15 is 0 Å². The van der Waals surface area contributed by atoms with Crippen molar-refractivity contribution in [1.29, 1.82) is 0 Å². The molecule has 1 aliphatic carbocycles. The van der Waals surface area contributed by atoms with Gasteiger partial charge in [-0.25, -0.2) is 4.79 Å². The molecule has 1 saturated heterocycles. The van der Waals surface area contributed by atoms with E-state index in [-0.39, 0.29) is 18.2 Å². The number of rotatable bonds is 5.